The molecule has 0 aromatic carbocycles. The second kappa shape index (κ2) is 9.79. The molecule has 26 heavy (non-hydrogen) atoms. The number of halogens is 1. The predicted octanol–water partition coefficient (Wildman–Crippen LogP) is 4.50. The van der Waals surface area contributed by atoms with Gasteiger partial charge in [0.05, 0.1) is 12.4 Å². The van der Waals surface area contributed by atoms with Gasteiger partial charge in [-0.2, -0.15) is 5.10 Å². The fourth-order valence-corrected chi connectivity index (χ4v) is 2.37. The van der Waals surface area contributed by atoms with Crippen LogP contribution in [-0.4, -0.2) is 31.7 Å². The van der Waals surface area contributed by atoms with E-state index in [0.717, 1.165) is 31.1 Å². The molecule has 140 valence electrons. The van der Waals surface area contributed by atoms with Gasteiger partial charge in [0.15, 0.2) is 5.82 Å². The highest BCUT2D eigenvalue weighted by Gasteiger charge is 2.10. The van der Waals surface area contributed by atoms with Crippen molar-refractivity contribution >= 4 is 5.82 Å². The van der Waals surface area contributed by atoms with Crippen LogP contribution in [0.25, 0.3) is 11.4 Å². The normalized spacial score (nSPS) is 11.9. The monoisotopic (exact) mass is 358 g/mol. The Morgan fingerprint density at radius 1 is 1.19 bits per heavy atom. The van der Waals surface area contributed by atoms with Gasteiger partial charge in [-0.3, -0.25) is 10.1 Å². The molecule has 6 nitrogen and oxygen atoms in total. The SMILES string of the molecule is CCC(C)CCNc1nc(-c2cncc(F)c2)nc[nH]ncc1C(C)C. The van der Waals surface area contributed by atoms with Gasteiger partial charge in [-0.25, -0.2) is 14.4 Å². The molecule has 7 heteroatoms. The zero-order valence-electron chi connectivity index (χ0n) is 15.8. The summed E-state index contributed by atoms with van der Waals surface area (Å²) < 4.78 is 13.6. The number of nitrogens with one attached hydrogen (secondary N) is 2. The quantitative estimate of drug-likeness (QED) is 0.762. The van der Waals surface area contributed by atoms with Crippen LogP contribution in [0.2, 0.25) is 0 Å². The first-order valence-electron chi connectivity index (χ1n) is 9.00. The molecule has 0 fully saturated rings. The number of aromatic nitrogens is 5. The van der Waals surface area contributed by atoms with Gasteiger partial charge in [0.25, 0.3) is 0 Å². The van der Waals surface area contributed by atoms with E-state index in [2.05, 4.69) is 58.2 Å². The average molecular weight is 358 g/mol. The lowest BCUT2D eigenvalue weighted by Gasteiger charge is -2.13. The Morgan fingerprint density at radius 2 is 2.00 bits per heavy atom. The van der Waals surface area contributed by atoms with Crippen LogP contribution in [0, 0.1) is 11.7 Å². The van der Waals surface area contributed by atoms with Gasteiger partial charge < -0.3 is 5.32 Å². The van der Waals surface area contributed by atoms with Crippen LogP contribution in [0.3, 0.4) is 0 Å². The summed E-state index contributed by atoms with van der Waals surface area (Å²) in [5, 5.41) is 10.3. The van der Waals surface area contributed by atoms with Crippen molar-refractivity contribution in [3.8, 4) is 11.4 Å². The Bertz CT molecular complexity index is 757. The summed E-state index contributed by atoms with van der Waals surface area (Å²) in [6, 6.07) is 1.37. The minimum absolute atomic E-state index is 0.209. The molecule has 1 atom stereocenters. The molecule has 2 N–H and O–H groups in total. The van der Waals surface area contributed by atoms with Crippen LogP contribution in [0.1, 0.15) is 52.0 Å². The molecular formula is C19H27FN6. The van der Waals surface area contributed by atoms with Gasteiger partial charge in [-0.1, -0.05) is 34.1 Å². The summed E-state index contributed by atoms with van der Waals surface area (Å²) >= 11 is 0. The first-order chi connectivity index (χ1) is 12.5. The van der Waals surface area contributed by atoms with E-state index in [9.17, 15) is 4.39 Å². The van der Waals surface area contributed by atoms with Gasteiger partial charge in [0.2, 0.25) is 0 Å². The minimum atomic E-state index is -0.427. The van der Waals surface area contributed by atoms with E-state index in [1.54, 1.807) is 12.4 Å². The summed E-state index contributed by atoms with van der Waals surface area (Å²) in [5.41, 5.74) is 1.46. The maximum Gasteiger partial charge on any atom is 0.164 e. The second-order valence-corrected chi connectivity index (χ2v) is 6.66. The molecule has 0 aliphatic heterocycles. The number of H-pyrrole nitrogens is 1. The lowest BCUT2D eigenvalue weighted by molar-refractivity contribution is 0.531. The maximum atomic E-state index is 13.6. The van der Waals surface area contributed by atoms with E-state index in [1.807, 2.05) is 0 Å². The zero-order chi connectivity index (χ0) is 18.9. The highest BCUT2D eigenvalue weighted by atomic mass is 19.1. The lowest BCUT2D eigenvalue weighted by atomic mass is 10.0. The predicted molar refractivity (Wildman–Crippen MR) is 102 cm³/mol. The third kappa shape index (κ3) is 5.75. The van der Waals surface area contributed by atoms with Gasteiger partial charge in [0.1, 0.15) is 18.0 Å². The Kier molecular flexibility index (Phi) is 7.44. The third-order valence-corrected chi connectivity index (χ3v) is 4.23. The Morgan fingerprint density at radius 3 is 2.69 bits per heavy atom. The molecule has 0 saturated carbocycles. The van der Waals surface area contributed by atoms with Crippen molar-refractivity contribution in [3.63, 3.8) is 0 Å². The highest BCUT2D eigenvalue weighted by Crippen LogP contribution is 2.22. The number of aromatic amines is 1. The van der Waals surface area contributed by atoms with Crippen molar-refractivity contribution in [1.82, 2.24) is 25.1 Å². The van der Waals surface area contributed by atoms with E-state index < -0.39 is 5.82 Å². The summed E-state index contributed by atoms with van der Waals surface area (Å²) in [5.74, 6) is 1.49. The van der Waals surface area contributed by atoms with E-state index in [1.165, 1.54) is 12.4 Å². The van der Waals surface area contributed by atoms with Crippen molar-refractivity contribution in [2.75, 3.05) is 11.9 Å². The van der Waals surface area contributed by atoms with Crippen LogP contribution in [0.5, 0.6) is 0 Å². The van der Waals surface area contributed by atoms with Gasteiger partial charge in [-0.15, -0.1) is 0 Å². The van der Waals surface area contributed by atoms with Crippen molar-refractivity contribution in [2.45, 2.75) is 46.5 Å². The first-order valence-corrected chi connectivity index (χ1v) is 9.00. The topological polar surface area (TPSA) is 79.4 Å². The van der Waals surface area contributed by atoms with Crippen LogP contribution < -0.4 is 5.32 Å². The summed E-state index contributed by atoms with van der Waals surface area (Å²) in [4.78, 5) is 12.9. The fourth-order valence-electron chi connectivity index (χ4n) is 2.37. The Hall–Kier alpha value is -2.57. The van der Waals surface area contributed by atoms with Gasteiger partial charge >= 0.3 is 0 Å². The lowest BCUT2D eigenvalue weighted by Crippen LogP contribution is -2.10. The average Bonchev–Trinajstić information content (AvgIpc) is 2.72. The summed E-state index contributed by atoms with van der Waals surface area (Å²) in [6.07, 6.45) is 8.06. The number of nitrogens with zero attached hydrogens (tertiary/aromatic N) is 4. The van der Waals surface area contributed by atoms with Crippen LogP contribution in [-0.2, 0) is 0 Å². The number of hydrogen-bond donors (Lipinski definition) is 2. The molecule has 2 heterocycles. The molecule has 0 bridgehead atoms. The molecule has 0 saturated heterocycles. The van der Waals surface area contributed by atoms with E-state index in [-0.39, 0.29) is 5.92 Å². The molecule has 0 aliphatic rings. The fraction of sp³-hybridized carbons (Fsp3) is 0.474. The molecule has 0 amide bonds. The third-order valence-electron chi connectivity index (χ3n) is 4.23. The van der Waals surface area contributed by atoms with Crippen molar-refractivity contribution in [2.24, 2.45) is 5.92 Å². The smallest absolute Gasteiger partial charge is 0.164 e. The standard InChI is InChI=1S/C19H27FN6/c1-5-14(4)6-7-22-19-17(13(2)3)11-24-25-12-23-18(26-19)15-8-16(20)10-21-9-15/h8-14,22H,5-7H2,1-4H3,(H,23,25,26). The van der Waals surface area contributed by atoms with Crippen molar-refractivity contribution in [3.05, 3.63) is 42.4 Å². The highest BCUT2D eigenvalue weighted by molar-refractivity contribution is 5.56. The van der Waals surface area contributed by atoms with Gasteiger partial charge in [-0.05, 0) is 24.3 Å². The number of hydrogen-bond acceptors (Lipinski definition) is 5. The molecular weight excluding hydrogens is 331 g/mol. The molecule has 2 aromatic heterocycles. The first kappa shape index (κ1) is 19.8. The molecule has 0 spiro atoms. The summed E-state index contributed by atoms with van der Waals surface area (Å²) in [7, 11) is 0. The largest absolute Gasteiger partial charge is 0.370 e. The number of anilines is 1. The number of pyridine rings is 1. The van der Waals surface area contributed by atoms with Crippen LogP contribution in [0.15, 0.2) is 31.0 Å². The van der Waals surface area contributed by atoms with E-state index >= 15 is 0 Å². The van der Waals surface area contributed by atoms with Crippen LogP contribution >= 0.6 is 0 Å². The van der Waals surface area contributed by atoms with E-state index in [4.69, 9.17) is 0 Å². The van der Waals surface area contributed by atoms with Crippen molar-refractivity contribution in [1.29, 1.82) is 0 Å². The maximum absolute atomic E-state index is 13.6. The van der Waals surface area contributed by atoms with E-state index in [0.29, 0.717) is 23.1 Å². The van der Waals surface area contributed by atoms with Crippen molar-refractivity contribution < 1.29 is 4.39 Å². The second-order valence-electron chi connectivity index (χ2n) is 6.66. The van der Waals surface area contributed by atoms with Crippen LogP contribution in [0.4, 0.5) is 10.2 Å². The molecule has 2 aromatic rings. The Labute approximate surface area is 154 Å². The molecule has 2 rings (SSSR count). The summed E-state index contributed by atoms with van der Waals surface area (Å²) in [6.45, 7) is 9.36. The van der Waals surface area contributed by atoms with Gasteiger partial charge in [0, 0.05) is 23.9 Å². The molecule has 0 radical (unpaired) electrons. The molecule has 0 aliphatic carbocycles. The Balaban J connectivity index is 2.49. The minimum Gasteiger partial charge on any atom is -0.370 e. The molecule has 1 unspecified atom stereocenters. The zero-order valence-corrected chi connectivity index (χ0v) is 15.8. The number of rotatable bonds is 7.